The highest BCUT2D eigenvalue weighted by atomic mass is 35.5. The standard InChI is InChI=1S/C16H12ClF3N4O3S/c1-6-11-7(2)27-14(12(11)13(26)24-23-6)22-10(25)5-28-15-9(17)3-8(4-21-15)16(18,19)20/h3-4H,5H2,1-2H3,(H,22,25)(H,24,26). The zero-order valence-electron chi connectivity index (χ0n) is 14.4. The van der Waals surface area contributed by atoms with Crippen LogP contribution >= 0.6 is 23.4 Å². The van der Waals surface area contributed by atoms with E-state index in [1.165, 1.54) is 0 Å². The second-order valence-electron chi connectivity index (χ2n) is 5.72. The summed E-state index contributed by atoms with van der Waals surface area (Å²) in [4.78, 5) is 27.9. The van der Waals surface area contributed by atoms with Crippen LogP contribution < -0.4 is 10.9 Å². The van der Waals surface area contributed by atoms with Crippen LogP contribution in [-0.4, -0.2) is 26.8 Å². The van der Waals surface area contributed by atoms with Crippen LogP contribution in [0.2, 0.25) is 5.02 Å². The Morgan fingerprint density at radius 3 is 2.71 bits per heavy atom. The summed E-state index contributed by atoms with van der Waals surface area (Å²) in [6, 6.07) is 0.744. The first-order valence-corrected chi connectivity index (χ1v) is 9.08. The maximum atomic E-state index is 12.6. The van der Waals surface area contributed by atoms with E-state index in [1.54, 1.807) is 13.8 Å². The third kappa shape index (κ3) is 3.99. The van der Waals surface area contributed by atoms with Gasteiger partial charge in [-0.15, -0.1) is 0 Å². The first-order valence-electron chi connectivity index (χ1n) is 7.71. The Morgan fingerprint density at radius 2 is 2.07 bits per heavy atom. The van der Waals surface area contributed by atoms with Crippen molar-refractivity contribution in [3.05, 3.63) is 44.7 Å². The third-order valence-electron chi connectivity index (χ3n) is 3.73. The van der Waals surface area contributed by atoms with E-state index in [2.05, 4.69) is 20.5 Å². The van der Waals surface area contributed by atoms with E-state index in [0.717, 1.165) is 17.8 Å². The lowest BCUT2D eigenvalue weighted by Gasteiger charge is -2.08. The number of alkyl halides is 3. The van der Waals surface area contributed by atoms with E-state index in [1.807, 2.05) is 0 Å². The molecule has 3 aromatic heterocycles. The van der Waals surface area contributed by atoms with Crippen LogP contribution in [-0.2, 0) is 11.0 Å². The number of pyridine rings is 1. The highest BCUT2D eigenvalue weighted by molar-refractivity contribution is 8.00. The Balaban J connectivity index is 1.75. The normalized spacial score (nSPS) is 11.8. The molecule has 3 rings (SSSR count). The molecule has 0 radical (unpaired) electrons. The minimum absolute atomic E-state index is 0.0312. The molecule has 0 bridgehead atoms. The van der Waals surface area contributed by atoms with E-state index in [4.69, 9.17) is 16.0 Å². The molecule has 0 aliphatic heterocycles. The van der Waals surface area contributed by atoms with E-state index in [0.29, 0.717) is 23.0 Å². The molecule has 0 aromatic carbocycles. The second kappa shape index (κ2) is 7.47. The first-order chi connectivity index (χ1) is 13.1. The Kier molecular flexibility index (Phi) is 5.39. The number of nitrogens with zero attached hydrogens (tertiary/aromatic N) is 2. The maximum Gasteiger partial charge on any atom is 0.417 e. The lowest BCUT2D eigenvalue weighted by molar-refractivity contribution is -0.137. The van der Waals surface area contributed by atoms with Crippen LogP contribution in [0.3, 0.4) is 0 Å². The molecule has 7 nitrogen and oxygen atoms in total. The van der Waals surface area contributed by atoms with Crippen LogP contribution in [0.15, 0.2) is 26.5 Å². The number of aryl methyl sites for hydroxylation is 2. The molecule has 28 heavy (non-hydrogen) atoms. The molecule has 0 spiro atoms. The van der Waals surface area contributed by atoms with Crippen molar-refractivity contribution in [2.75, 3.05) is 11.1 Å². The van der Waals surface area contributed by atoms with Gasteiger partial charge in [-0.1, -0.05) is 23.4 Å². The molecular formula is C16H12ClF3N4O3S. The Labute approximate surface area is 164 Å². The topological polar surface area (TPSA) is 101 Å². The van der Waals surface area contributed by atoms with Gasteiger partial charge < -0.3 is 4.42 Å². The van der Waals surface area contributed by atoms with Crippen molar-refractivity contribution in [2.24, 2.45) is 0 Å². The average molecular weight is 433 g/mol. The van der Waals surface area contributed by atoms with E-state index < -0.39 is 23.2 Å². The molecule has 0 aliphatic rings. The summed E-state index contributed by atoms with van der Waals surface area (Å²) >= 11 is 6.66. The molecule has 0 fully saturated rings. The molecule has 0 saturated heterocycles. The molecular weight excluding hydrogens is 421 g/mol. The number of hydrogen-bond donors (Lipinski definition) is 2. The van der Waals surface area contributed by atoms with Crippen molar-refractivity contribution >= 4 is 45.9 Å². The zero-order valence-corrected chi connectivity index (χ0v) is 16.0. The SMILES string of the molecule is Cc1n[nH]c(=O)c2c(NC(=O)CSc3ncc(C(F)(F)F)cc3Cl)oc(C)c12. The van der Waals surface area contributed by atoms with Crippen LogP contribution in [0, 0.1) is 13.8 Å². The maximum absolute atomic E-state index is 12.6. The van der Waals surface area contributed by atoms with Crippen LogP contribution in [0.5, 0.6) is 0 Å². The minimum atomic E-state index is -4.56. The average Bonchev–Trinajstić information content (AvgIpc) is 2.93. The monoisotopic (exact) mass is 432 g/mol. The molecule has 1 amide bonds. The Morgan fingerprint density at radius 1 is 1.36 bits per heavy atom. The summed E-state index contributed by atoms with van der Waals surface area (Å²) < 4.78 is 43.4. The van der Waals surface area contributed by atoms with Crippen LogP contribution in [0.25, 0.3) is 10.8 Å². The van der Waals surface area contributed by atoms with E-state index in [9.17, 15) is 22.8 Å². The number of thioether (sulfide) groups is 1. The molecule has 148 valence electrons. The minimum Gasteiger partial charge on any atom is -0.444 e. The van der Waals surface area contributed by atoms with Crippen molar-refractivity contribution < 1.29 is 22.4 Å². The number of nitrogens with one attached hydrogen (secondary N) is 2. The van der Waals surface area contributed by atoms with Gasteiger partial charge in [0.15, 0.2) is 0 Å². The predicted octanol–water partition coefficient (Wildman–Crippen LogP) is 3.93. The number of furan rings is 1. The molecule has 0 saturated carbocycles. The smallest absolute Gasteiger partial charge is 0.417 e. The summed E-state index contributed by atoms with van der Waals surface area (Å²) in [5.41, 5.74) is -0.966. The van der Waals surface area contributed by atoms with Crippen LogP contribution in [0.4, 0.5) is 19.1 Å². The number of hydrogen-bond acceptors (Lipinski definition) is 6. The summed E-state index contributed by atoms with van der Waals surface area (Å²) in [5.74, 6) is -0.369. The number of aromatic nitrogens is 3. The zero-order chi connectivity index (χ0) is 20.6. The van der Waals surface area contributed by atoms with Gasteiger partial charge in [-0.3, -0.25) is 14.9 Å². The molecule has 12 heteroatoms. The number of H-pyrrole nitrogens is 1. The fourth-order valence-electron chi connectivity index (χ4n) is 2.51. The Bertz CT molecular complexity index is 1130. The molecule has 0 atom stereocenters. The molecule has 3 heterocycles. The molecule has 0 unspecified atom stereocenters. The van der Waals surface area contributed by atoms with Gasteiger partial charge in [-0.25, -0.2) is 10.1 Å². The molecule has 0 aliphatic carbocycles. The predicted molar refractivity (Wildman–Crippen MR) is 97.7 cm³/mol. The van der Waals surface area contributed by atoms with E-state index in [-0.39, 0.29) is 27.1 Å². The number of carbonyl (C=O) groups excluding carboxylic acids is 1. The van der Waals surface area contributed by atoms with Crippen molar-refractivity contribution in [1.82, 2.24) is 15.2 Å². The third-order valence-corrected chi connectivity index (χ3v) is 5.13. The summed E-state index contributed by atoms with van der Waals surface area (Å²) in [5, 5.41) is 9.15. The Hall–Kier alpha value is -2.53. The number of amides is 1. The molecule has 3 aromatic rings. The van der Waals surface area contributed by atoms with E-state index >= 15 is 0 Å². The molecule has 2 N–H and O–H groups in total. The van der Waals surface area contributed by atoms with Gasteiger partial charge in [0.2, 0.25) is 11.8 Å². The van der Waals surface area contributed by atoms with Gasteiger partial charge in [0.25, 0.3) is 5.56 Å². The first kappa shape index (κ1) is 20.2. The number of rotatable bonds is 4. The van der Waals surface area contributed by atoms with Crippen LogP contribution in [0.1, 0.15) is 17.0 Å². The second-order valence-corrected chi connectivity index (χ2v) is 7.09. The quantitative estimate of drug-likeness (QED) is 0.606. The van der Waals surface area contributed by atoms with Gasteiger partial charge in [0.1, 0.15) is 16.2 Å². The summed E-state index contributed by atoms with van der Waals surface area (Å²) in [6.07, 6.45) is -3.92. The van der Waals surface area contributed by atoms with Crippen molar-refractivity contribution in [3.8, 4) is 0 Å². The van der Waals surface area contributed by atoms with Crippen molar-refractivity contribution in [3.63, 3.8) is 0 Å². The number of halogens is 4. The number of carbonyl (C=O) groups is 1. The van der Waals surface area contributed by atoms with Gasteiger partial charge in [-0.05, 0) is 19.9 Å². The summed E-state index contributed by atoms with van der Waals surface area (Å²) in [6.45, 7) is 3.31. The van der Waals surface area contributed by atoms with Gasteiger partial charge in [0, 0.05) is 6.20 Å². The number of fused-ring (bicyclic) bond motifs is 1. The fraction of sp³-hybridized carbons (Fsp3) is 0.250. The lowest BCUT2D eigenvalue weighted by Crippen LogP contribution is -2.16. The highest BCUT2D eigenvalue weighted by Gasteiger charge is 2.31. The lowest BCUT2D eigenvalue weighted by atomic mass is 10.2. The van der Waals surface area contributed by atoms with Gasteiger partial charge in [-0.2, -0.15) is 18.3 Å². The number of anilines is 1. The fourth-order valence-corrected chi connectivity index (χ4v) is 3.51. The number of aromatic amines is 1. The van der Waals surface area contributed by atoms with Crippen molar-refractivity contribution in [1.29, 1.82) is 0 Å². The van der Waals surface area contributed by atoms with Gasteiger partial charge >= 0.3 is 6.18 Å². The summed E-state index contributed by atoms with van der Waals surface area (Å²) in [7, 11) is 0. The van der Waals surface area contributed by atoms with Gasteiger partial charge in [0.05, 0.1) is 27.4 Å². The highest BCUT2D eigenvalue weighted by Crippen LogP contribution is 2.34. The largest absolute Gasteiger partial charge is 0.444 e. The van der Waals surface area contributed by atoms with Crippen molar-refractivity contribution in [2.45, 2.75) is 25.0 Å².